The summed E-state index contributed by atoms with van der Waals surface area (Å²) >= 11 is 0. The lowest BCUT2D eigenvalue weighted by atomic mass is 9.89. The number of hydrogen-bond acceptors (Lipinski definition) is 4. The molecule has 0 aromatic rings. The fourth-order valence-electron chi connectivity index (χ4n) is 4.12. The monoisotopic (exact) mass is 354 g/mol. The van der Waals surface area contributed by atoms with Crippen molar-refractivity contribution in [2.24, 2.45) is 17.3 Å². The van der Waals surface area contributed by atoms with Gasteiger partial charge in [-0.05, 0) is 36.4 Å². The van der Waals surface area contributed by atoms with Crippen LogP contribution in [-0.2, 0) is 18.8 Å². The molecule has 5 heteroatoms. The molecule has 2 aliphatic carbocycles. The van der Waals surface area contributed by atoms with E-state index in [2.05, 4.69) is 47.7 Å². The highest BCUT2D eigenvalue weighted by Gasteiger charge is 2.74. The molecule has 0 heterocycles. The van der Waals surface area contributed by atoms with Crippen LogP contribution in [0.3, 0.4) is 0 Å². The van der Waals surface area contributed by atoms with Crippen LogP contribution in [0, 0.1) is 17.3 Å². The maximum Gasteiger partial charge on any atom is 0.306 e. The minimum absolute atomic E-state index is 0.0361. The van der Waals surface area contributed by atoms with Gasteiger partial charge in [-0.2, -0.15) is 0 Å². The van der Waals surface area contributed by atoms with E-state index in [1.807, 2.05) is 0 Å². The molecule has 0 radical (unpaired) electrons. The van der Waals surface area contributed by atoms with Crippen molar-refractivity contribution in [3.05, 3.63) is 0 Å². The zero-order valence-electron chi connectivity index (χ0n) is 16.6. The Kier molecular flexibility index (Phi) is 4.86. The lowest BCUT2D eigenvalue weighted by molar-refractivity contribution is -0.144. The van der Waals surface area contributed by atoms with Crippen molar-refractivity contribution in [1.29, 1.82) is 0 Å². The highest BCUT2D eigenvalue weighted by Crippen LogP contribution is 2.70. The molecule has 0 bridgehead atoms. The summed E-state index contributed by atoms with van der Waals surface area (Å²) in [4.78, 5) is 24.2. The summed E-state index contributed by atoms with van der Waals surface area (Å²) in [6.45, 7) is 15.8. The van der Waals surface area contributed by atoms with E-state index in [1.54, 1.807) is 0 Å². The van der Waals surface area contributed by atoms with Crippen molar-refractivity contribution >= 4 is 20.1 Å². The number of ketones is 1. The van der Waals surface area contributed by atoms with Crippen LogP contribution in [0.4, 0.5) is 0 Å². The number of ether oxygens (including phenoxy) is 1. The molecule has 0 amide bonds. The van der Waals surface area contributed by atoms with Crippen molar-refractivity contribution in [1.82, 2.24) is 0 Å². The number of methoxy groups -OCH3 is 1. The van der Waals surface area contributed by atoms with E-state index in [4.69, 9.17) is 9.16 Å². The number of hydrogen-bond donors (Lipinski definition) is 0. The Morgan fingerprint density at radius 1 is 1.29 bits per heavy atom. The van der Waals surface area contributed by atoms with Crippen LogP contribution in [0.15, 0.2) is 0 Å². The Bertz CT molecular complexity index is 532. The minimum Gasteiger partial charge on any atom is -0.469 e. The van der Waals surface area contributed by atoms with Crippen LogP contribution in [0.2, 0.25) is 18.1 Å². The van der Waals surface area contributed by atoms with E-state index in [1.165, 1.54) is 7.11 Å². The fraction of sp³-hybridized carbons (Fsp3) is 0.895. The van der Waals surface area contributed by atoms with Crippen molar-refractivity contribution in [2.75, 3.05) is 7.11 Å². The lowest BCUT2D eigenvalue weighted by Crippen LogP contribution is -2.46. The van der Waals surface area contributed by atoms with Gasteiger partial charge in [0.05, 0.1) is 19.1 Å². The van der Waals surface area contributed by atoms with Crippen molar-refractivity contribution in [2.45, 2.75) is 84.0 Å². The van der Waals surface area contributed by atoms with E-state index in [9.17, 15) is 9.59 Å². The summed E-state index contributed by atoms with van der Waals surface area (Å²) in [6.07, 6.45) is 2.33. The molecule has 2 fully saturated rings. The van der Waals surface area contributed by atoms with Crippen LogP contribution in [-0.4, -0.2) is 32.8 Å². The van der Waals surface area contributed by atoms with Crippen LogP contribution >= 0.6 is 0 Å². The van der Waals surface area contributed by atoms with Crippen molar-refractivity contribution < 1.29 is 18.8 Å². The maximum atomic E-state index is 12.6. The molecular weight excluding hydrogens is 320 g/mol. The first-order valence-corrected chi connectivity index (χ1v) is 12.0. The SMILES string of the molecule is COC(=O)CC1CC[C@]2(O[Si](C)(C)C(C)(C)C)[C@H](CC1=O)C2(C)C. The van der Waals surface area contributed by atoms with Gasteiger partial charge in [-0.3, -0.25) is 9.59 Å². The summed E-state index contributed by atoms with van der Waals surface area (Å²) in [5.41, 5.74) is -0.162. The average molecular weight is 355 g/mol. The molecule has 138 valence electrons. The predicted molar refractivity (Wildman–Crippen MR) is 97.3 cm³/mol. The number of esters is 1. The molecule has 4 nitrogen and oxygen atoms in total. The molecular formula is C19H34O4Si. The minimum atomic E-state index is -1.92. The largest absolute Gasteiger partial charge is 0.469 e. The molecule has 1 unspecified atom stereocenters. The molecule has 0 spiro atoms. The van der Waals surface area contributed by atoms with Crippen LogP contribution in [0.5, 0.6) is 0 Å². The fourth-order valence-corrected chi connectivity index (χ4v) is 5.84. The molecule has 2 aliphatic rings. The van der Waals surface area contributed by atoms with Crippen molar-refractivity contribution in [3.63, 3.8) is 0 Å². The second-order valence-electron chi connectivity index (χ2n) is 9.71. The molecule has 2 rings (SSSR count). The lowest BCUT2D eigenvalue weighted by Gasteiger charge is -2.41. The van der Waals surface area contributed by atoms with Gasteiger partial charge in [0.1, 0.15) is 5.78 Å². The molecule has 0 N–H and O–H groups in total. The summed E-state index contributed by atoms with van der Waals surface area (Å²) in [5, 5.41) is 0.146. The highest BCUT2D eigenvalue weighted by molar-refractivity contribution is 6.74. The number of Topliss-reactive ketones (excluding diaryl/α,β-unsaturated/α-hetero) is 1. The molecule has 0 aromatic heterocycles. The first kappa shape index (κ1) is 19.6. The smallest absolute Gasteiger partial charge is 0.306 e. The third-order valence-corrected chi connectivity index (χ3v) is 11.5. The van der Waals surface area contributed by atoms with E-state index < -0.39 is 8.32 Å². The van der Waals surface area contributed by atoms with Gasteiger partial charge in [0.15, 0.2) is 8.32 Å². The van der Waals surface area contributed by atoms with E-state index in [-0.39, 0.29) is 46.1 Å². The predicted octanol–water partition coefficient (Wildman–Crippen LogP) is 4.34. The molecule has 24 heavy (non-hydrogen) atoms. The Labute approximate surface area is 147 Å². The number of fused-ring (bicyclic) bond motifs is 1. The van der Waals surface area contributed by atoms with Crippen molar-refractivity contribution in [3.8, 4) is 0 Å². The van der Waals surface area contributed by atoms with Gasteiger partial charge in [-0.25, -0.2) is 0 Å². The number of rotatable bonds is 4. The average Bonchev–Trinajstić information content (AvgIpc) is 2.92. The van der Waals surface area contributed by atoms with E-state index >= 15 is 0 Å². The second kappa shape index (κ2) is 5.94. The van der Waals surface area contributed by atoms with Gasteiger partial charge in [0, 0.05) is 18.3 Å². The van der Waals surface area contributed by atoms with Gasteiger partial charge >= 0.3 is 5.97 Å². The number of carbonyl (C=O) groups excluding carboxylic acids is 2. The zero-order valence-corrected chi connectivity index (χ0v) is 17.6. The van der Waals surface area contributed by atoms with Gasteiger partial charge in [0.25, 0.3) is 0 Å². The van der Waals surface area contributed by atoms with E-state index in [0.29, 0.717) is 6.42 Å². The maximum absolute atomic E-state index is 12.6. The summed E-state index contributed by atoms with van der Waals surface area (Å²) in [5.74, 6) is -0.0190. The molecule has 3 atom stereocenters. The molecule has 0 aliphatic heterocycles. The summed E-state index contributed by atoms with van der Waals surface area (Å²) in [7, 11) is -0.539. The van der Waals surface area contributed by atoms with Crippen LogP contribution < -0.4 is 0 Å². The Hall–Kier alpha value is -0.683. The quantitative estimate of drug-likeness (QED) is 0.557. The topological polar surface area (TPSA) is 52.6 Å². The third-order valence-electron chi connectivity index (χ3n) is 7.05. The Morgan fingerprint density at radius 2 is 1.88 bits per heavy atom. The zero-order chi connectivity index (χ0) is 18.6. The summed E-state index contributed by atoms with van der Waals surface area (Å²) < 4.78 is 11.7. The normalized spacial score (nSPS) is 32.8. The standard InChI is InChI=1S/C19H34O4Si/c1-17(2,3)24(7,8)23-19-10-9-13(11-16(21)22-6)14(20)12-15(19)18(19,4)5/h13,15H,9-12H2,1-8H3/t13?,15-,19+/m1/s1. The van der Waals surface area contributed by atoms with Gasteiger partial charge in [-0.1, -0.05) is 34.6 Å². The van der Waals surface area contributed by atoms with Crippen LogP contribution in [0.1, 0.15) is 60.3 Å². The number of carbonyl (C=O) groups is 2. The summed E-state index contributed by atoms with van der Waals surface area (Å²) in [6, 6.07) is 0. The Balaban J connectivity index is 2.21. The van der Waals surface area contributed by atoms with E-state index in [0.717, 1.165) is 12.8 Å². The molecule has 0 aromatic carbocycles. The Morgan fingerprint density at radius 3 is 2.38 bits per heavy atom. The highest BCUT2D eigenvalue weighted by atomic mass is 28.4. The molecule has 2 saturated carbocycles. The van der Waals surface area contributed by atoms with Gasteiger partial charge in [-0.15, -0.1) is 0 Å². The molecule has 0 saturated heterocycles. The third kappa shape index (κ3) is 3.10. The first-order valence-electron chi connectivity index (χ1n) is 9.08. The van der Waals surface area contributed by atoms with Crippen LogP contribution in [0.25, 0.3) is 0 Å². The first-order chi connectivity index (χ1) is 10.8. The van der Waals surface area contributed by atoms with Gasteiger partial charge < -0.3 is 9.16 Å². The second-order valence-corrected chi connectivity index (χ2v) is 14.4. The van der Waals surface area contributed by atoms with Gasteiger partial charge in [0.2, 0.25) is 0 Å².